The van der Waals surface area contributed by atoms with Crippen molar-refractivity contribution in [2.24, 2.45) is 56.7 Å². The molecule has 1 unspecified atom stereocenters. The van der Waals surface area contributed by atoms with E-state index in [-0.39, 0.29) is 69.5 Å². The van der Waals surface area contributed by atoms with Crippen molar-refractivity contribution in [2.75, 3.05) is 13.1 Å². The Bertz CT molecular complexity index is 1550. The first-order valence-corrected chi connectivity index (χ1v) is 20.3. The molecule has 9 nitrogen and oxygen atoms in total. The number of esters is 1. The Balaban J connectivity index is 1.29. The van der Waals surface area contributed by atoms with Gasteiger partial charge in [0, 0.05) is 43.7 Å². The lowest BCUT2D eigenvalue weighted by atomic mass is 9.34. The van der Waals surface area contributed by atoms with Crippen molar-refractivity contribution >= 4 is 29.5 Å². The van der Waals surface area contributed by atoms with E-state index in [9.17, 15) is 29.1 Å². The van der Waals surface area contributed by atoms with Crippen LogP contribution >= 0.6 is 0 Å². The van der Waals surface area contributed by atoms with Crippen molar-refractivity contribution in [1.29, 1.82) is 0 Å². The summed E-state index contributed by atoms with van der Waals surface area (Å²) >= 11 is 0. The average molecular weight is 723 g/mol. The molecule has 6 aliphatic rings. The molecule has 0 aromatic rings. The number of ketones is 1. The number of hydrogen-bond donors (Lipinski definition) is 2. The fourth-order valence-corrected chi connectivity index (χ4v) is 13.3. The molecule has 8 atom stereocenters. The third kappa shape index (κ3) is 5.88. The Morgan fingerprint density at radius 1 is 0.923 bits per heavy atom. The van der Waals surface area contributed by atoms with Crippen LogP contribution in [0.5, 0.6) is 0 Å². The van der Waals surface area contributed by atoms with Crippen LogP contribution in [0.1, 0.15) is 146 Å². The second-order valence-electron chi connectivity index (χ2n) is 20.3. The lowest BCUT2D eigenvalue weighted by Gasteiger charge is -2.70. The molecular weight excluding hydrogens is 656 g/mol. The highest BCUT2D eigenvalue weighted by Gasteiger charge is 2.69. The van der Waals surface area contributed by atoms with Gasteiger partial charge in [-0.1, -0.05) is 54.0 Å². The second-order valence-corrected chi connectivity index (χ2v) is 20.3. The quantitative estimate of drug-likeness (QED) is 0.206. The molecular formula is C43H66N2O7. The molecule has 0 aromatic heterocycles. The number of amides is 2. The lowest BCUT2D eigenvalue weighted by molar-refractivity contribution is -0.214. The van der Waals surface area contributed by atoms with E-state index in [1.807, 2.05) is 4.90 Å². The summed E-state index contributed by atoms with van der Waals surface area (Å²) in [5.41, 5.74) is 0.568. The maximum atomic E-state index is 14.0. The molecule has 4 saturated carbocycles. The third-order valence-corrected chi connectivity index (χ3v) is 16.4. The van der Waals surface area contributed by atoms with Gasteiger partial charge in [-0.2, -0.15) is 0 Å². The van der Waals surface area contributed by atoms with Gasteiger partial charge in [-0.3, -0.25) is 24.0 Å². The Morgan fingerprint density at radius 3 is 2.17 bits per heavy atom. The summed E-state index contributed by atoms with van der Waals surface area (Å²) in [6.45, 7) is 22.3. The van der Waals surface area contributed by atoms with Crippen LogP contribution in [-0.2, 0) is 28.7 Å². The van der Waals surface area contributed by atoms with Gasteiger partial charge in [-0.05, 0) is 118 Å². The molecule has 2 N–H and O–H groups in total. The van der Waals surface area contributed by atoms with E-state index in [0.29, 0.717) is 44.2 Å². The number of Topliss-reactive ketones (excluding diaryl/α,β-unsaturated/α-hetero) is 1. The predicted molar refractivity (Wildman–Crippen MR) is 199 cm³/mol. The molecule has 5 fully saturated rings. The lowest BCUT2D eigenvalue weighted by Crippen LogP contribution is -2.65. The van der Waals surface area contributed by atoms with E-state index in [0.717, 1.165) is 51.4 Å². The first kappa shape index (κ1) is 39.0. The topological polar surface area (TPSA) is 130 Å². The molecule has 1 saturated heterocycles. The number of piperidine rings is 1. The molecule has 9 heteroatoms. The van der Waals surface area contributed by atoms with Crippen LogP contribution in [0.2, 0.25) is 0 Å². The zero-order chi connectivity index (χ0) is 38.4. The summed E-state index contributed by atoms with van der Waals surface area (Å²) in [6, 6.07) is 0. The van der Waals surface area contributed by atoms with E-state index in [1.54, 1.807) is 20.8 Å². The molecule has 1 heterocycles. The molecule has 0 aromatic carbocycles. The van der Waals surface area contributed by atoms with E-state index in [2.05, 4.69) is 53.8 Å². The third-order valence-electron chi connectivity index (χ3n) is 16.4. The van der Waals surface area contributed by atoms with Crippen LogP contribution in [0, 0.1) is 56.7 Å². The highest BCUT2D eigenvalue weighted by molar-refractivity contribution is 5.93. The van der Waals surface area contributed by atoms with E-state index < -0.39 is 22.9 Å². The molecule has 0 spiro atoms. The minimum atomic E-state index is -1.17. The van der Waals surface area contributed by atoms with E-state index in [1.165, 1.54) is 11.1 Å². The Labute approximate surface area is 311 Å². The number of carboxylic acids is 1. The maximum absolute atomic E-state index is 14.0. The Kier molecular flexibility index (Phi) is 9.72. The molecule has 0 bridgehead atoms. The van der Waals surface area contributed by atoms with Crippen LogP contribution in [-0.4, -0.2) is 64.3 Å². The number of carbonyl (C=O) groups is 5. The van der Waals surface area contributed by atoms with Crippen molar-refractivity contribution in [3.05, 3.63) is 11.1 Å². The maximum Gasteiger partial charge on any atom is 0.309 e. The summed E-state index contributed by atoms with van der Waals surface area (Å²) in [5.74, 6) is -0.447. The first-order valence-electron chi connectivity index (χ1n) is 20.3. The molecule has 0 radical (unpaired) electrons. The fraction of sp³-hybridized carbons (Fsp3) is 0.837. The summed E-state index contributed by atoms with van der Waals surface area (Å²) in [4.78, 5) is 66.7. The minimum Gasteiger partial charge on any atom is -0.481 e. The van der Waals surface area contributed by atoms with Crippen molar-refractivity contribution in [1.82, 2.24) is 10.2 Å². The molecule has 6 rings (SSSR count). The number of nitrogens with one attached hydrogen (secondary N) is 1. The molecule has 1 aliphatic heterocycles. The predicted octanol–water partition coefficient (Wildman–Crippen LogP) is 7.51. The number of carbonyl (C=O) groups excluding carboxylic acids is 4. The van der Waals surface area contributed by atoms with Gasteiger partial charge in [0.1, 0.15) is 11.9 Å². The number of ether oxygens (including phenoxy) is 1. The zero-order valence-electron chi connectivity index (χ0n) is 33.7. The van der Waals surface area contributed by atoms with Crippen LogP contribution in [0.4, 0.5) is 0 Å². The highest BCUT2D eigenvalue weighted by atomic mass is 16.5. The largest absolute Gasteiger partial charge is 0.481 e. The van der Waals surface area contributed by atoms with Crippen LogP contribution in [0.25, 0.3) is 0 Å². The molecule has 290 valence electrons. The highest BCUT2D eigenvalue weighted by Crippen LogP contribution is 2.75. The number of likely N-dealkylation sites (tertiary alicyclic amines) is 1. The van der Waals surface area contributed by atoms with Crippen LogP contribution in [0.15, 0.2) is 11.1 Å². The molecule has 2 amide bonds. The van der Waals surface area contributed by atoms with Crippen molar-refractivity contribution < 1.29 is 33.8 Å². The van der Waals surface area contributed by atoms with Crippen molar-refractivity contribution in [3.63, 3.8) is 0 Å². The second kappa shape index (κ2) is 13.0. The van der Waals surface area contributed by atoms with Crippen molar-refractivity contribution in [3.8, 4) is 0 Å². The number of carboxylic acid groups (broad SMARTS) is 1. The number of rotatable bonds is 7. The van der Waals surface area contributed by atoms with Crippen LogP contribution in [0.3, 0.4) is 0 Å². The standard InChI is InChI=1S/C43H66N2O7/c1-25(2)34-29(47)23-43(44-36(49)27-15-21-45(22-16-27)26(3)46)20-19-41(9)28(35(34)43)11-12-31-40(8)17-14-32(52-33(48)24-38(4,5)37(50)51)39(6,7)30(40)13-18-42(31,41)10/h25,27,30-32,34H,11-24H2,1-10H3,(H,44,49)(H,50,51)/t30-,31+,32-,34?,40-,41+,42+,43+/m0/s1. The van der Waals surface area contributed by atoms with Gasteiger partial charge in [0.2, 0.25) is 11.8 Å². The summed E-state index contributed by atoms with van der Waals surface area (Å²) < 4.78 is 6.15. The summed E-state index contributed by atoms with van der Waals surface area (Å²) in [6.07, 6.45) is 8.76. The van der Waals surface area contributed by atoms with Crippen LogP contribution < -0.4 is 5.32 Å². The number of hydrogen-bond acceptors (Lipinski definition) is 6. The van der Waals surface area contributed by atoms with Gasteiger partial charge in [0.25, 0.3) is 0 Å². The normalized spacial score (nSPS) is 38.9. The van der Waals surface area contributed by atoms with E-state index >= 15 is 0 Å². The van der Waals surface area contributed by atoms with Gasteiger partial charge in [0.05, 0.1) is 17.4 Å². The van der Waals surface area contributed by atoms with Gasteiger partial charge in [0.15, 0.2) is 0 Å². The van der Waals surface area contributed by atoms with Gasteiger partial charge < -0.3 is 20.1 Å². The fourth-order valence-electron chi connectivity index (χ4n) is 13.3. The average Bonchev–Trinajstić information content (AvgIpc) is 3.34. The molecule has 52 heavy (non-hydrogen) atoms. The minimum absolute atomic E-state index is 0.00674. The Morgan fingerprint density at radius 2 is 1.58 bits per heavy atom. The number of nitrogens with zero attached hydrogens (tertiary/aromatic N) is 1. The SMILES string of the molecule is CC(=O)N1CCC(C(=O)N[C@@]23CC[C@]4(C)C(=C2C(C(C)C)C(=O)C3)CC[C@@H]2[C@@]3(C)CC[C@H](OC(=O)CC(C)(C)C(=O)O)C(C)(C)[C@@H]3CC[C@]24C)CC1. The van der Waals surface area contributed by atoms with E-state index in [4.69, 9.17) is 4.74 Å². The number of allylic oxidation sites excluding steroid dienone is 1. The summed E-state index contributed by atoms with van der Waals surface area (Å²) in [7, 11) is 0. The summed E-state index contributed by atoms with van der Waals surface area (Å²) in [5, 5.41) is 13.2. The Hall–Kier alpha value is -2.71. The smallest absolute Gasteiger partial charge is 0.309 e. The zero-order valence-corrected chi connectivity index (χ0v) is 33.7. The number of aliphatic carboxylic acids is 1. The monoisotopic (exact) mass is 722 g/mol. The van der Waals surface area contributed by atoms with Gasteiger partial charge in [-0.15, -0.1) is 0 Å². The number of fused-ring (bicyclic) bond motifs is 6. The molecule has 5 aliphatic carbocycles. The van der Waals surface area contributed by atoms with Gasteiger partial charge >= 0.3 is 11.9 Å². The van der Waals surface area contributed by atoms with Gasteiger partial charge in [-0.25, -0.2) is 0 Å². The first-order chi connectivity index (χ1) is 24.0. The van der Waals surface area contributed by atoms with Crippen molar-refractivity contribution in [2.45, 2.75) is 158 Å².